The van der Waals surface area contributed by atoms with E-state index in [0.29, 0.717) is 6.42 Å². The molecule has 3 amide bonds. The Labute approximate surface area is 179 Å². The number of hydrogen-bond acceptors (Lipinski definition) is 6. The van der Waals surface area contributed by atoms with Gasteiger partial charge < -0.3 is 21.7 Å². The van der Waals surface area contributed by atoms with E-state index in [2.05, 4.69) is 9.69 Å². The van der Waals surface area contributed by atoms with Crippen molar-refractivity contribution in [2.45, 2.75) is 57.7 Å². The van der Waals surface area contributed by atoms with Crippen LogP contribution in [0, 0.1) is 0 Å². The molecule has 3 rings (SSSR count). The number of nitrogen functional groups attached to an aromatic ring is 1. The zero-order valence-corrected chi connectivity index (χ0v) is 17.8. The Balaban J connectivity index is 1.91. The molecule has 1 heterocycles. The molecule has 9 heteroatoms. The van der Waals surface area contributed by atoms with Crippen LogP contribution in [0.2, 0.25) is 0 Å². The molecule has 30 heavy (non-hydrogen) atoms. The molecule has 2 aromatic rings. The number of carbonyl (C=O) groups is 3. The van der Waals surface area contributed by atoms with Crippen LogP contribution >= 0.6 is 11.5 Å². The monoisotopic (exact) mass is 429 g/mol. The van der Waals surface area contributed by atoms with E-state index in [-0.39, 0.29) is 34.8 Å². The maximum atomic E-state index is 13.4. The Morgan fingerprint density at radius 1 is 1.23 bits per heavy atom. The van der Waals surface area contributed by atoms with Crippen LogP contribution in [-0.2, 0) is 11.3 Å². The SMILES string of the molecule is CCC(C(=O)NC1CCCC1)N(Cc1ccccc1)C(=O)c1snc(C(N)=O)c1N. The van der Waals surface area contributed by atoms with Crippen molar-refractivity contribution >= 4 is 34.9 Å². The van der Waals surface area contributed by atoms with Crippen LogP contribution in [-0.4, -0.2) is 39.1 Å². The number of aromatic nitrogens is 1. The molecule has 1 aliphatic rings. The first-order chi connectivity index (χ1) is 14.4. The Hall–Kier alpha value is -2.94. The summed E-state index contributed by atoms with van der Waals surface area (Å²) in [5, 5.41) is 3.09. The van der Waals surface area contributed by atoms with Gasteiger partial charge in [0.2, 0.25) is 5.91 Å². The van der Waals surface area contributed by atoms with Gasteiger partial charge in [0.25, 0.3) is 11.8 Å². The minimum absolute atomic E-state index is 0.0402. The Morgan fingerprint density at radius 2 is 1.90 bits per heavy atom. The highest BCUT2D eigenvalue weighted by Crippen LogP contribution is 2.26. The van der Waals surface area contributed by atoms with Crippen LogP contribution in [0.1, 0.15) is 64.8 Å². The molecule has 1 saturated carbocycles. The minimum atomic E-state index is -0.788. The largest absolute Gasteiger partial charge is 0.395 e. The summed E-state index contributed by atoms with van der Waals surface area (Å²) in [5.41, 5.74) is 12.0. The first kappa shape index (κ1) is 21.8. The summed E-state index contributed by atoms with van der Waals surface area (Å²) in [7, 11) is 0. The lowest BCUT2D eigenvalue weighted by atomic mass is 10.1. The molecule has 0 aliphatic heterocycles. The molecule has 1 aromatic heterocycles. The summed E-state index contributed by atoms with van der Waals surface area (Å²) in [6, 6.07) is 8.92. The fourth-order valence-electron chi connectivity index (χ4n) is 3.78. The van der Waals surface area contributed by atoms with Crippen LogP contribution in [0.25, 0.3) is 0 Å². The predicted octanol–water partition coefficient (Wildman–Crippen LogP) is 2.30. The highest BCUT2D eigenvalue weighted by molar-refractivity contribution is 7.09. The van der Waals surface area contributed by atoms with Gasteiger partial charge in [-0.2, -0.15) is 4.37 Å². The van der Waals surface area contributed by atoms with Gasteiger partial charge in [0.1, 0.15) is 10.9 Å². The number of amides is 3. The van der Waals surface area contributed by atoms with Gasteiger partial charge in [0.15, 0.2) is 5.69 Å². The predicted molar refractivity (Wildman–Crippen MR) is 116 cm³/mol. The molecule has 1 unspecified atom stereocenters. The van der Waals surface area contributed by atoms with E-state index in [1.54, 1.807) is 0 Å². The minimum Gasteiger partial charge on any atom is -0.395 e. The Kier molecular flexibility index (Phi) is 7.04. The maximum absolute atomic E-state index is 13.4. The zero-order valence-electron chi connectivity index (χ0n) is 17.0. The number of benzene rings is 1. The van der Waals surface area contributed by atoms with E-state index in [1.807, 2.05) is 37.3 Å². The third-order valence-corrected chi connectivity index (χ3v) is 6.23. The topological polar surface area (TPSA) is 131 Å². The van der Waals surface area contributed by atoms with Crippen LogP contribution in [0.4, 0.5) is 5.69 Å². The number of hydrogen-bond donors (Lipinski definition) is 3. The summed E-state index contributed by atoms with van der Waals surface area (Å²) < 4.78 is 3.93. The van der Waals surface area contributed by atoms with E-state index in [4.69, 9.17) is 11.5 Å². The Morgan fingerprint density at radius 3 is 2.47 bits per heavy atom. The molecule has 160 valence electrons. The van der Waals surface area contributed by atoms with Crippen molar-refractivity contribution in [3.63, 3.8) is 0 Å². The van der Waals surface area contributed by atoms with Crippen molar-refractivity contribution in [1.82, 2.24) is 14.6 Å². The molecular weight excluding hydrogens is 402 g/mol. The van der Waals surface area contributed by atoms with Crippen LogP contribution < -0.4 is 16.8 Å². The van der Waals surface area contributed by atoms with Crippen molar-refractivity contribution in [2.75, 3.05) is 5.73 Å². The van der Waals surface area contributed by atoms with Gasteiger partial charge in [-0.05, 0) is 36.4 Å². The van der Waals surface area contributed by atoms with E-state index >= 15 is 0 Å². The van der Waals surface area contributed by atoms with Crippen LogP contribution in [0.5, 0.6) is 0 Å². The van der Waals surface area contributed by atoms with Crippen molar-refractivity contribution < 1.29 is 14.4 Å². The number of carbonyl (C=O) groups excluding carboxylic acids is 3. The van der Waals surface area contributed by atoms with Crippen molar-refractivity contribution in [1.29, 1.82) is 0 Å². The average Bonchev–Trinajstić information content (AvgIpc) is 3.37. The number of nitrogens with two attached hydrogens (primary N) is 2. The van der Waals surface area contributed by atoms with Gasteiger partial charge in [-0.25, -0.2) is 0 Å². The number of rotatable bonds is 8. The van der Waals surface area contributed by atoms with Crippen molar-refractivity contribution in [3.05, 3.63) is 46.5 Å². The quantitative estimate of drug-likeness (QED) is 0.592. The standard InChI is InChI=1S/C21H27N5O3S/c1-2-15(20(28)24-14-10-6-7-11-14)26(12-13-8-4-3-5-9-13)21(29)18-16(22)17(19(23)27)25-30-18/h3-5,8-9,14-15H,2,6-7,10-12,22H2,1H3,(H2,23,27)(H,24,28). The van der Waals surface area contributed by atoms with Crippen molar-refractivity contribution in [3.8, 4) is 0 Å². The Bertz CT molecular complexity index is 909. The second kappa shape index (κ2) is 9.71. The van der Waals surface area contributed by atoms with Gasteiger partial charge >= 0.3 is 0 Å². The summed E-state index contributed by atoms with van der Waals surface area (Å²) >= 11 is 0.825. The second-order valence-electron chi connectivity index (χ2n) is 7.47. The summed E-state index contributed by atoms with van der Waals surface area (Å²) in [4.78, 5) is 39.6. The van der Waals surface area contributed by atoms with Gasteiger partial charge in [-0.3, -0.25) is 14.4 Å². The fourth-order valence-corrected chi connectivity index (χ4v) is 4.54. The molecule has 0 saturated heterocycles. The van der Waals surface area contributed by atoms with Gasteiger partial charge in [-0.15, -0.1) is 0 Å². The third-order valence-electron chi connectivity index (χ3n) is 5.38. The molecule has 1 atom stereocenters. The molecule has 0 radical (unpaired) electrons. The summed E-state index contributed by atoms with van der Waals surface area (Å²) in [6.45, 7) is 2.11. The lowest BCUT2D eigenvalue weighted by Crippen LogP contribution is -2.50. The van der Waals surface area contributed by atoms with E-state index in [0.717, 1.165) is 42.8 Å². The summed E-state index contributed by atoms with van der Waals surface area (Å²) in [5.74, 6) is -1.40. The fraction of sp³-hybridized carbons (Fsp3) is 0.429. The molecule has 1 aromatic carbocycles. The molecule has 5 N–H and O–H groups in total. The number of anilines is 1. The maximum Gasteiger partial charge on any atom is 0.270 e. The number of primary amides is 1. The normalized spacial score (nSPS) is 15.0. The molecule has 1 fully saturated rings. The average molecular weight is 430 g/mol. The van der Waals surface area contributed by atoms with Gasteiger partial charge in [0.05, 0.1) is 5.69 Å². The molecule has 0 spiro atoms. The highest BCUT2D eigenvalue weighted by atomic mass is 32.1. The van der Waals surface area contributed by atoms with E-state index in [1.165, 1.54) is 4.90 Å². The lowest BCUT2D eigenvalue weighted by molar-refractivity contribution is -0.126. The highest BCUT2D eigenvalue weighted by Gasteiger charge is 2.33. The van der Waals surface area contributed by atoms with Gasteiger partial charge in [0, 0.05) is 12.6 Å². The van der Waals surface area contributed by atoms with E-state index < -0.39 is 17.9 Å². The molecular formula is C21H27N5O3S. The van der Waals surface area contributed by atoms with E-state index in [9.17, 15) is 14.4 Å². The first-order valence-corrected chi connectivity index (χ1v) is 10.9. The number of nitrogens with zero attached hydrogens (tertiary/aromatic N) is 2. The van der Waals surface area contributed by atoms with Gasteiger partial charge in [-0.1, -0.05) is 50.1 Å². The molecule has 0 bridgehead atoms. The second-order valence-corrected chi connectivity index (χ2v) is 8.24. The van der Waals surface area contributed by atoms with Crippen LogP contribution in [0.15, 0.2) is 30.3 Å². The number of nitrogens with one attached hydrogen (secondary N) is 1. The lowest BCUT2D eigenvalue weighted by Gasteiger charge is -2.31. The smallest absolute Gasteiger partial charge is 0.270 e. The molecule has 1 aliphatic carbocycles. The third kappa shape index (κ3) is 4.79. The zero-order chi connectivity index (χ0) is 21.7. The first-order valence-electron chi connectivity index (χ1n) is 10.1. The van der Waals surface area contributed by atoms with Crippen LogP contribution in [0.3, 0.4) is 0 Å². The summed E-state index contributed by atoms with van der Waals surface area (Å²) in [6.07, 6.45) is 4.55. The van der Waals surface area contributed by atoms with Crippen molar-refractivity contribution in [2.24, 2.45) is 5.73 Å². The molecule has 8 nitrogen and oxygen atoms in total.